The summed E-state index contributed by atoms with van der Waals surface area (Å²) in [6, 6.07) is 6.28. The molecule has 0 bridgehead atoms. The van der Waals surface area contributed by atoms with Gasteiger partial charge in [0.1, 0.15) is 0 Å². The highest BCUT2D eigenvalue weighted by atomic mass is 35.5. The molecular formula is C18H29ClN2. The SMILES string of the molecule is CC(C)CNCc1cccc(Cl)c1N1CCC(C)(C)CC1. The Bertz CT molecular complexity index is 458. The molecule has 0 unspecified atom stereocenters. The number of rotatable bonds is 5. The van der Waals surface area contributed by atoms with Crippen LogP contribution in [0.25, 0.3) is 0 Å². The van der Waals surface area contributed by atoms with Gasteiger partial charge in [-0.15, -0.1) is 0 Å². The number of anilines is 1. The molecule has 0 radical (unpaired) electrons. The predicted octanol–water partition coefficient (Wildman–Crippen LogP) is 4.71. The molecule has 0 spiro atoms. The Morgan fingerprint density at radius 3 is 2.52 bits per heavy atom. The van der Waals surface area contributed by atoms with Crippen molar-refractivity contribution in [3.8, 4) is 0 Å². The Morgan fingerprint density at radius 1 is 1.24 bits per heavy atom. The van der Waals surface area contributed by atoms with Crippen molar-refractivity contribution >= 4 is 17.3 Å². The largest absolute Gasteiger partial charge is 0.370 e. The first kappa shape index (κ1) is 16.6. The molecule has 1 aromatic rings. The summed E-state index contributed by atoms with van der Waals surface area (Å²) in [6.45, 7) is 13.3. The van der Waals surface area contributed by atoms with Crippen LogP contribution in [0.3, 0.4) is 0 Å². The van der Waals surface area contributed by atoms with E-state index in [-0.39, 0.29) is 0 Å². The lowest BCUT2D eigenvalue weighted by molar-refractivity contribution is 0.279. The van der Waals surface area contributed by atoms with Crippen molar-refractivity contribution in [2.24, 2.45) is 11.3 Å². The van der Waals surface area contributed by atoms with Gasteiger partial charge in [-0.3, -0.25) is 0 Å². The Balaban J connectivity index is 2.10. The van der Waals surface area contributed by atoms with Crippen LogP contribution in [-0.2, 0) is 6.54 Å². The molecule has 0 atom stereocenters. The Kier molecular flexibility index (Phi) is 5.56. The lowest BCUT2D eigenvalue weighted by Gasteiger charge is -2.39. The second kappa shape index (κ2) is 7.02. The van der Waals surface area contributed by atoms with E-state index in [0.29, 0.717) is 11.3 Å². The number of piperidine rings is 1. The predicted molar refractivity (Wildman–Crippen MR) is 93.2 cm³/mol. The summed E-state index contributed by atoms with van der Waals surface area (Å²) in [5.41, 5.74) is 3.03. The summed E-state index contributed by atoms with van der Waals surface area (Å²) in [5, 5.41) is 4.43. The van der Waals surface area contributed by atoms with E-state index in [1.165, 1.54) is 24.1 Å². The standard InChI is InChI=1S/C18H29ClN2/c1-14(2)12-20-13-15-6-5-7-16(19)17(15)21-10-8-18(3,4)9-11-21/h5-7,14,20H,8-13H2,1-4H3. The van der Waals surface area contributed by atoms with Crippen molar-refractivity contribution in [1.82, 2.24) is 5.32 Å². The molecule has 118 valence electrons. The van der Waals surface area contributed by atoms with Crippen LogP contribution in [-0.4, -0.2) is 19.6 Å². The van der Waals surface area contributed by atoms with Gasteiger partial charge in [-0.1, -0.05) is 51.4 Å². The van der Waals surface area contributed by atoms with Crippen molar-refractivity contribution < 1.29 is 0 Å². The summed E-state index contributed by atoms with van der Waals surface area (Å²) in [4.78, 5) is 2.47. The van der Waals surface area contributed by atoms with E-state index in [2.05, 4.69) is 50.0 Å². The molecule has 3 heteroatoms. The van der Waals surface area contributed by atoms with Gasteiger partial charge in [0, 0.05) is 19.6 Å². The average molecular weight is 309 g/mol. The lowest BCUT2D eigenvalue weighted by atomic mass is 9.82. The highest BCUT2D eigenvalue weighted by Crippen LogP contribution is 2.36. The van der Waals surface area contributed by atoms with Crippen LogP contribution in [0, 0.1) is 11.3 Å². The molecule has 1 N–H and O–H groups in total. The van der Waals surface area contributed by atoms with Crippen molar-refractivity contribution in [3.05, 3.63) is 28.8 Å². The third-order valence-corrected chi connectivity index (χ3v) is 4.68. The maximum atomic E-state index is 6.51. The Labute approximate surface area is 134 Å². The maximum Gasteiger partial charge on any atom is 0.0642 e. The van der Waals surface area contributed by atoms with Gasteiger partial charge in [0.15, 0.2) is 0 Å². The van der Waals surface area contributed by atoms with Crippen molar-refractivity contribution in [3.63, 3.8) is 0 Å². The maximum absolute atomic E-state index is 6.51. The molecule has 1 aromatic carbocycles. The summed E-state index contributed by atoms with van der Waals surface area (Å²) in [5.74, 6) is 0.670. The highest BCUT2D eigenvalue weighted by molar-refractivity contribution is 6.33. The number of nitrogens with zero attached hydrogens (tertiary/aromatic N) is 1. The van der Waals surface area contributed by atoms with E-state index in [9.17, 15) is 0 Å². The van der Waals surface area contributed by atoms with Gasteiger partial charge in [0.2, 0.25) is 0 Å². The fourth-order valence-corrected chi connectivity index (χ4v) is 3.20. The van der Waals surface area contributed by atoms with Crippen LogP contribution in [0.4, 0.5) is 5.69 Å². The molecule has 1 saturated heterocycles. The third kappa shape index (κ3) is 4.62. The second-order valence-electron chi connectivity index (χ2n) is 7.42. The normalized spacial score (nSPS) is 18.3. The smallest absolute Gasteiger partial charge is 0.0642 e. The molecule has 1 fully saturated rings. The minimum atomic E-state index is 0.466. The quantitative estimate of drug-likeness (QED) is 0.847. The summed E-state index contributed by atoms with van der Waals surface area (Å²) in [7, 11) is 0. The van der Waals surface area contributed by atoms with Crippen LogP contribution < -0.4 is 10.2 Å². The first-order valence-corrected chi connectivity index (χ1v) is 8.50. The van der Waals surface area contributed by atoms with Crippen LogP contribution >= 0.6 is 11.6 Å². The van der Waals surface area contributed by atoms with Crippen LogP contribution in [0.5, 0.6) is 0 Å². The summed E-state index contributed by atoms with van der Waals surface area (Å²) in [6.07, 6.45) is 2.47. The highest BCUT2D eigenvalue weighted by Gasteiger charge is 2.27. The van der Waals surface area contributed by atoms with Crippen molar-refractivity contribution in [2.45, 2.75) is 47.1 Å². The lowest BCUT2D eigenvalue weighted by Crippen LogP contribution is -2.38. The monoisotopic (exact) mass is 308 g/mol. The van der Waals surface area contributed by atoms with Gasteiger partial charge in [0.05, 0.1) is 10.7 Å². The number of nitrogens with one attached hydrogen (secondary N) is 1. The number of hydrogen-bond donors (Lipinski definition) is 1. The molecule has 1 aliphatic heterocycles. The minimum absolute atomic E-state index is 0.466. The van der Waals surface area contributed by atoms with Crippen LogP contribution in [0.1, 0.15) is 46.1 Å². The molecule has 0 amide bonds. The molecule has 2 rings (SSSR count). The van der Waals surface area contributed by atoms with Gasteiger partial charge in [-0.05, 0) is 42.3 Å². The summed E-state index contributed by atoms with van der Waals surface area (Å²) >= 11 is 6.51. The molecule has 1 aliphatic rings. The number of halogens is 1. The molecule has 2 nitrogen and oxygen atoms in total. The third-order valence-electron chi connectivity index (χ3n) is 4.37. The van der Waals surface area contributed by atoms with Gasteiger partial charge in [-0.25, -0.2) is 0 Å². The molecule has 1 heterocycles. The second-order valence-corrected chi connectivity index (χ2v) is 7.83. The van der Waals surface area contributed by atoms with Gasteiger partial charge >= 0.3 is 0 Å². The average Bonchev–Trinajstić information content (AvgIpc) is 2.39. The summed E-state index contributed by atoms with van der Waals surface area (Å²) < 4.78 is 0. The van der Waals surface area contributed by atoms with E-state index in [4.69, 9.17) is 11.6 Å². The Morgan fingerprint density at radius 2 is 1.90 bits per heavy atom. The number of benzene rings is 1. The minimum Gasteiger partial charge on any atom is -0.370 e. The number of hydrogen-bond acceptors (Lipinski definition) is 2. The molecule has 0 aromatic heterocycles. The van der Waals surface area contributed by atoms with Gasteiger partial charge in [-0.2, -0.15) is 0 Å². The van der Waals surface area contributed by atoms with Crippen molar-refractivity contribution in [2.75, 3.05) is 24.5 Å². The fraction of sp³-hybridized carbons (Fsp3) is 0.667. The van der Waals surface area contributed by atoms with Crippen molar-refractivity contribution in [1.29, 1.82) is 0 Å². The van der Waals surface area contributed by atoms with Crippen LogP contribution in [0.15, 0.2) is 18.2 Å². The molecular weight excluding hydrogens is 280 g/mol. The van der Waals surface area contributed by atoms with E-state index >= 15 is 0 Å². The Hall–Kier alpha value is -0.730. The zero-order chi connectivity index (χ0) is 15.5. The zero-order valence-corrected chi connectivity index (χ0v) is 14.6. The first-order chi connectivity index (χ1) is 9.89. The fourth-order valence-electron chi connectivity index (χ4n) is 2.89. The van der Waals surface area contributed by atoms with Gasteiger partial charge in [0.25, 0.3) is 0 Å². The molecule has 21 heavy (non-hydrogen) atoms. The van der Waals surface area contributed by atoms with Gasteiger partial charge < -0.3 is 10.2 Å². The van der Waals surface area contributed by atoms with E-state index in [1.807, 2.05) is 6.07 Å². The topological polar surface area (TPSA) is 15.3 Å². The number of para-hydroxylation sites is 1. The molecule has 0 aliphatic carbocycles. The first-order valence-electron chi connectivity index (χ1n) is 8.12. The zero-order valence-electron chi connectivity index (χ0n) is 13.9. The van der Waals surface area contributed by atoms with E-state index < -0.39 is 0 Å². The van der Waals surface area contributed by atoms with Crippen LogP contribution in [0.2, 0.25) is 5.02 Å². The van der Waals surface area contributed by atoms with E-state index in [0.717, 1.165) is 31.2 Å². The van der Waals surface area contributed by atoms with E-state index in [1.54, 1.807) is 0 Å². The molecule has 0 saturated carbocycles.